The first kappa shape index (κ1) is 19.5. The fraction of sp³-hybridized carbons (Fsp3) is 0.533. The van der Waals surface area contributed by atoms with E-state index in [1.807, 2.05) is 13.8 Å². The van der Waals surface area contributed by atoms with E-state index in [1.54, 1.807) is 12.1 Å². The normalized spacial score (nSPS) is 18.8. The summed E-state index contributed by atoms with van der Waals surface area (Å²) < 4.78 is 33.1. The Hall–Kier alpha value is -0.780. The van der Waals surface area contributed by atoms with Crippen molar-refractivity contribution in [1.29, 1.82) is 0 Å². The van der Waals surface area contributed by atoms with Gasteiger partial charge in [0.25, 0.3) is 0 Å². The topological polar surface area (TPSA) is 71.1 Å². The Morgan fingerprint density at radius 2 is 1.96 bits per heavy atom. The van der Waals surface area contributed by atoms with Crippen LogP contribution in [0.1, 0.15) is 13.8 Å². The van der Waals surface area contributed by atoms with Gasteiger partial charge in [-0.05, 0) is 18.2 Å². The number of rotatable bonds is 6. The van der Waals surface area contributed by atoms with Crippen LogP contribution in [0, 0.1) is 5.41 Å². The molecule has 1 saturated heterocycles. The van der Waals surface area contributed by atoms with Crippen molar-refractivity contribution in [2.45, 2.75) is 13.8 Å². The molecule has 9 heteroatoms. The first-order valence-corrected chi connectivity index (χ1v) is 9.79. The molecule has 1 fully saturated rings. The summed E-state index contributed by atoms with van der Waals surface area (Å²) in [4.78, 5) is 11.7. The van der Waals surface area contributed by atoms with Crippen LogP contribution in [0.2, 0.25) is 10.0 Å². The number of hydrogen-bond acceptors (Lipinski definition) is 6. The number of ether oxygens (including phenoxy) is 2. The van der Waals surface area contributed by atoms with Crippen LogP contribution >= 0.6 is 30.8 Å². The molecule has 6 nitrogen and oxygen atoms in total. The molecule has 1 aliphatic rings. The lowest BCUT2D eigenvalue weighted by atomic mass is 9.97. The molecule has 24 heavy (non-hydrogen) atoms. The number of halogens is 2. The smallest absolute Gasteiger partial charge is 0.344 e. The Bertz CT molecular complexity index is 635. The van der Waals surface area contributed by atoms with Crippen LogP contribution in [-0.2, 0) is 23.1 Å². The zero-order chi connectivity index (χ0) is 17.8. The number of esters is 1. The lowest BCUT2D eigenvalue weighted by Crippen LogP contribution is -2.30. The third kappa shape index (κ3) is 5.94. The minimum Gasteiger partial charge on any atom is -0.480 e. The number of carbonyl (C=O) groups excluding carboxylic acids is 1. The summed E-state index contributed by atoms with van der Waals surface area (Å²) in [6.07, 6.45) is 0.0104. The average molecular weight is 397 g/mol. The molecule has 0 radical (unpaired) electrons. The summed E-state index contributed by atoms with van der Waals surface area (Å²) >= 11 is 11.7. The van der Waals surface area contributed by atoms with Crippen molar-refractivity contribution in [3.63, 3.8) is 0 Å². The van der Waals surface area contributed by atoms with Crippen LogP contribution in [0.25, 0.3) is 0 Å². The molecular weight excluding hydrogens is 378 g/mol. The molecule has 0 aliphatic carbocycles. The predicted molar refractivity (Wildman–Crippen MR) is 91.1 cm³/mol. The third-order valence-electron chi connectivity index (χ3n) is 3.17. The second-order valence-corrected chi connectivity index (χ2v) is 9.16. The third-order valence-corrected chi connectivity index (χ3v) is 5.48. The Morgan fingerprint density at radius 1 is 1.29 bits per heavy atom. The molecule has 1 aliphatic heterocycles. The van der Waals surface area contributed by atoms with Crippen molar-refractivity contribution in [2.75, 3.05) is 32.6 Å². The van der Waals surface area contributed by atoms with E-state index in [2.05, 4.69) is 0 Å². The first-order valence-electron chi connectivity index (χ1n) is 7.31. The van der Waals surface area contributed by atoms with Gasteiger partial charge in [-0.15, -0.1) is 0 Å². The SMILES string of the molecule is CC1(C)COP(=O)(CCOC(=O)COc2ccc(Cl)cc2Cl)OC1. The standard InChI is InChI=1S/C15H19Cl2O6P/c1-15(2)9-22-24(19,23-10-15)6-5-20-14(18)8-21-13-4-3-11(16)7-12(13)17/h3-4,7H,5-6,8-10H2,1-2H3. The van der Waals surface area contributed by atoms with Gasteiger partial charge in [0.2, 0.25) is 0 Å². The first-order chi connectivity index (χ1) is 11.2. The van der Waals surface area contributed by atoms with Gasteiger partial charge in [0.1, 0.15) is 12.4 Å². The Kier molecular flexibility index (Phi) is 6.57. The molecule has 0 N–H and O–H groups in total. The van der Waals surface area contributed by atoms with Gasteiger partial charge in [0, 0.05) is 10.4 Å². The van der Waals surface area contributed by atoms with Crippen molar-refractivity contribution in [3.05, 3.63) is 28.2 Å². The largest absolute Gasteiger partial charge is 0.480 e. The number of carbonyl (C=O) groups is 1. The van der Waals surface area contributed by atoms with Gasteiger partial charge < -0.3 is 18.5 Å². The minimum absolute atomic E-state index is 0.0104. The summed E-state index contributed by atoms with van der Waals surface area (Å²) in [6.45, 7) is 4.20. The van der Waals surface area contributed by atoms with E-state index in [0.717, 1.165) is 0 Å². The maximum atomic E-state index is 12.3. The van der Waals surface area contributed by atoms with E-state index in [0.29, 0.717) is 29.0 Å². The highest BCUT2D eigenvalue weighted by Crippen LogP contribution is 2.53. The molecule has 0 saturated carbocycles. The fourth-order valence-corrected chi connectivity index (χ4v) is 4.00. The summed E-state index contributed by atoms with van der Waals surface area (Å²) in [5.41, 5.74) is -0.170. The van der Waals surface area contributed by atoms with E-state index in [4.69, 9.17) is 41.7 Å². The Morgan fingerprint density at radius 3 is 2.58 bits per heavy atom. The van der Waals surface area contributed by atoms with Gasteiger partial charge >= 0.3 is 13.6 Å². The Balaban J connectivity index is 1.71. The van der Waals surface area contributed by atoms with E-state index >= 15 is 0 Å². The molecule has 0 atom stereocenters. The molecule has 1 heterocycles. The minimum atomic E-state index is -3.19. The van der Waals surface area contributed by atoms with Gasteiger partial charge in [-0.25, -0.2) is 4.79 Å². The monoisotopic (exact) mass is 396 g/mol. The molecule has 0 spiro atoms. The molecule has 1 aromatic carbocycles. The Labute approximate surface area is 150 Å². The second kappa shape index (κ2) is 8.07. The van der Waals surface area contributed by atoms with E-state index < -0.39 is 13.6 Å². The maximum Gasteiger partial charge on any atom is 0.344 e. The van der Waals surface area contributed by atoms with E-state index in [9.17, 15) is 9.36 Å². The van der Waals surface area contributed by atoms with Crippen LogP contribution in [0.3, 0.4) is 0 Å². The summed E-state index contributed by atoms with van der Waals surface area (Å²) in [7, 11) is -3.19. The number of benzene rings is 1. The summed E-state index contributed by atoms with van der Waals surface area (Å²) in [5.74, 6) is -0.281. The molecule has 0 aromatic heterocycles. The average Bonchev–Trinajstić information content (AvgIpc) is 2.50. The van der Waals surface area contributed by atoms with Gasteiger partial charge in [0.15, 0.2) is 6.61 Å². The van der Waals surface area contributed by atoms with Crippen LogP contribution in [-0.4, -0.2) is 38.6 Å². The summed E-state index contributed by atoms with van der Waals surface area (Å²) in [6, 6.07) is 4.66. The predicted octanol–water partition coefficient (Wildman–Crippen LogP) is 4.18. The number of hydrogen-bond donors (Lipinski definition) is 0. The molecule has 0 unspecified atom stereocenters. The van der Waals surface area contributed by atoms with Gasteiger partial charge in [-0.3, -0.25) is 4.57 Å². The zero-order valence-corrected chi connectivity index (χ0v) is 15.8. The van der Waals surface area contributed by atoms with Crippen LogP contribution in [0.4, 0.5) is 0 Å². The van der Waals surface area contributed by atoms with Crippen LogP contribution < -0.4 is 4.74 Å². The lowest BCUT2D eigenvalue weighted by molar-refractivity contribution is -0.145. The van der Waals surface area contributed by atoms with Gasteiger partial charge in [0.05, 0.1) is 24.4 Å². The van der Waals surface area contributed by atoms with Crippen molar-refractivity contribution in [2.24, 2.45) is 5.41 Å². The zero-order valence-electron chi connectivity index (χ0n) is 13.4. The molecular formula is C15H19Cl2O6P. The molecule has 134 valence electrons. The van der Waals surface area contributed by atoms with Crippen molar-refractivity contribution in [3.8, 4) is 5.75 Å². The molecule has 0 bridgehead atoms. The highest BCUT2D eigenvalue weighted by Gasteiger charge is 2.36. The fourth-order valence-electron chi connectivity index (χ4n) is 1.80. The molecule has 2 rings (SSSR count). The van der Waals surface area contributed by atoms with Gasteiger partial charge in [-0.1, -0.05) is 37.0 Å². The van der Waals surface area contributed by atoms with Crippen LogP contribution in [0.5, 0.6) is 5.75 Å². The highest BCUT2D eigenvalue weighted by atomic mass is 35.5. The van der Waals surface area contributed by atoms with Crippen molar-refractivity contribution >= 4 is 36.8 Å². The van der Waals surface area contributed by atoms with Gasteiger partial charge in [-0.2, -0.15) is 0 Å². The van der Waals surface area contributed by atoms with E-state index in [-0.39, 0.29) is 24.8 Å². The lowest BCUT2D eigenvalue weighted by Gasteiger charge is -2.33. The quantitative estimate of drug-likeness (QED) is 0.530. The van der Waals surface area contributed by atoms with E-state index in [1.165, 1.54) is 6.07 Å². The molecule has 0 amide bonds. The van der Waals surface area contributed by atoms with Crippen molar-refractivity contribution in [1.82, 2.24) is 0 Å². The molecule has 1 aromatic rings. The second-order valence-electron chi connectivity index (χ2n) is 6.13. The maximum absolute atomic E-state index is 12.3. The highest BCUT2D eigenvalue weighted by molar-refractivity contribution is 7.53. The van der Waals surface area contributed by atoms with Crippen LogP contribution in [0.15, 0.2) is 18.2 Å². The summed E-state index contributed by atoms with van der Waals surface area (Å²) in [5, 5.41) is 0.765. The van der Waals surface area contributed by atoms with Crippen molar-refractivity contribution < 1.29 is 27.9 Å².